The van der Waals surface area contributed by atoms with Crippen LogP contribution in [0.25, 0.3) is 0 Å². The van der Waals surface area contributed by atoms with Crippen molar-refractivity contribution in [1.82, 2.24) is 0 Å². The molecule has 0 aliphatic heterocycles. The Kier molecular flexibility index (Phi) is 2.59. The molecular formula is C4H7N2O+. The number of nitrogens with two attached hydrogens (primary N) is 2. The largest absolute Gasteiger partial charge is 0.404 e. The number of aldehydes is 1. The van der Waals surface area contributed by atoms with E-state index in [-0.39, 0.29) is 5.71 Å². The first-order valence-electron chi connectivity index (χ1n) is 1.77. The lowest BCUT2D eigenvalue weighted by molar-refractivity contribution is -0.126. The molecule has 0 aromatic rings. The minimum Gasteiger partial charge on any atom is -0.404 e. The molecule has 0 fully saturated rings. The van der Waals surface area contributed by atoms with Crippen molar-refractivity contribution < 1.29 is 10.2 Å². The van der Waals surface area contributed by atoms with E-state index in [9.17, 15) is 4.79 Å². The summed E-state index contributed by atoms with van der Waals surface area (Å²) in [7, 11) is 0. The number of rotatable bonds is 2. The fourth-order valence-electron chi connectivity index (χ4n) is 0.150. The third kappa shape index (κ3) is 2.69. The van der Waals surface area contributed by atoms with E-state index in [0.717, 1.165) is 0 Å². The van der Waals surface area contributed by atoms with Crippen LogP contribution in [-0.4, -0.2) is 12.0 Å². The van der Waals surface area contributed by atoms with Gasteiger partial charge in [0.2, 0.25) is 12.0 Å². The van der Waals surface area contributed by atoms with Gasteiger partial charge in [0.05, 0.1) is 0 Å². The summed E-state index contributed by atoms with van der Waals surface area (Å²) in [5.41, 5.74) is 5.01. The highest BCUT2D eigenvalue weighted by Gasteiger charge is 1.86. The van der Waals surface area contributed by atoms with Crippen molar-refractivity contribution in [3.8, 4) is 0 Å². The van der Waals surface area contributed by atoms with Crippen LogP contribution in [0.4, 0.5) is 0 Å². The lowest BCUT2D eigenvalue weighted by Gasteiger charge is -1.67. The summed E-state index contributed by atoms with van der Waals surface area (Å²) < 4.78 is 0. The molecule has 0 bridgehead atoms. The zero-order valence-electron chi connectivity index (χ0n) is 3.79. The van der Waals surface area contributed by atoms with Gasteiger partial charge in [0.1, 0.15) is 0 Å². The van der Waals surface area contributed by atoms with Crippen LogP contribution in [0.1, 0.15) is 0 Å². The van der Waals surface area contributed by atoms with Crippen molar-refractivity contribution in [2.45, 2.75) is 0 Å². The summed E-state index contributed by atoms with van der Waals surface area (Å²) in [4.78, 5) is 9.63. The quantitative estimate of drug-likeness (QED) is 0.306. The number of hydrogen-bond acceptors (Lipinski definition) is 2. The average Bonchev–Trinajstić information content (AvgIpc) is 1.68. The highest BCUT2D eigenvalue weighted by molar-refractivity contribution is 6.30. The van der Waals surface area contributed by atoms with E-state index in [1.54, 1.807) is 0 Å². The van der Waals surface area contributed by atoms with Crippen LogP contribution < -0.4 is 11.1 Å². The van der Waals surface area contributed by atoms with Gasteiger partial charge < -0.3 is 5.73 Å². The second kappa shape index (κ2) is 3.08. The number of hydrogen-bond donors (Lipinski definition) is 2. The molecular weight excluding hydrogens is 92.1 g/mol. The van der Waals surface area contributed by atoms with Crippen LogP contribution in [0.5, 0.6) is 0 Å². The van der Waals surface area contributed by atoms with Gasteiger partial charge in [0, 0.05) is 12.3 Å². The number of carbonyl (C=O) groups excluding carboxylic acids is 1. The maximum Gasteiger partial charge on any atom is 0.238 e. The third-order valence-electron chi connectivity index (χ3n) is 0.425. The summed E-state index contributed by atoms with van der Waals surface area (Å²) in [5, 5.41) is 4.97. The maximum atomic E-state index is 9.63. The zero-order valence-corrected chi connectivity index (χ0v) is 3.79. The van der Waals surface area contributed by atoms with E-state index in [0.29, 0.717) is 6.29 Å². The lowest BCUT2D eigenvalue weighted by Crippen LogP contribution is -2.39. The van der Waals surface area contributed by atoms with Crippen LogP contribution in [0.3, 0.4) is 0 Å². The van der Waals surface area contributed by atoms with Crippen molar-refractivity contribution in [2.75, 3.05) is 0 Å². The minimum absolute atomic E-state index is 0.141. The highest BCUT2D eigenvalue weighted by Crippen LogP contribution is 1.58. The van der Waals surface area contributed by atoms with Crippen LogP contribution in [0.15, 0.2) is 12.3 Å². The van der Waals surface area contributed by atoms with E-state index in [4.69, 9.17) is 11.1 Å². The molecule has 0 saturated carbocycles. The van der Waals surface area contributed by atoms with Gasteiger partial charge in [-0.25, -0.2) is 0 Å². The molecule has 0 unspecified atom stereocenters. The molecule has 0 amide bonds. The molecule has 7 heavy (non-hydrogen) atoms. The smallest absolute Gasteiger partial charge is 0.238 e. The van der Waals surface area contributed by atoms with E-state index in [2.05, 4.69) is 0 Å². The summed E-state index contributed by atoms with van der Waals surface area (Å²) in [6.07, 6.45) is 3.07. The fourth-order valence-corrected chi connectivity index (χ4v) is 0.150. The topological polar surface area (TPSA) is 68.7 Å². The van der Waals surface area contributed by atoms with Gasteiger partial charge in [-0.2, -0.15) is 0 Å². The van der Waals surface area contributed by atoms with Gasteiger partial charge in [0.25, 0.3) is 0 Å². The van der Waals surface area contributed by atoms with Crippen molar-refractivity contribution >= 4 is 12.0 Å². The molecule has 0 atom stereocenters. The van der Waals surface area contributed by atoms with Gasteiger partial charge in [-0.15, -0.1) is 0 Å². The minimum atomic E-state index is 0.141. The summed E-state index contributed by atoms with van der Waals surface area (Å²) in [5.74, 6) is 0. The fraction of sp³-hybridized carbons (Fsp3) is 0. The van der Waals surface area contributed by atoms with E-state index >= 15 is 0 Å². The van der Waals surface area contributed by atoms with E-state index < -0.39 is 0 Å². The Hall–Kier alpha value is -1.12. The number of carbonyl (C=O) groups is 1. The molecule has 4 N–H and O–H groups in total. The first-order chi connectivity index (χ1) is 3.31. The summed E-state index contributed by atoms with van der Waals surface area (Å²) in [6, 6.07) is 0. The monoisotopic (exact) mass is 99.1 g/mol. The Morgan fingerprint density at radius 3 is 2.43 bits per heavy atom. The Balaban J connectivity index is 3.58. The van der Waals surface area contributed by atoms with Crippen molar-refractivity contribution in [2.24, 2.45) is 5.73 Å². The van der Waals surface area contributed by atoms with Gasteiger partial charge in [0.15, 0.2) is 0 Å². The molecule has 0 aromatic heterocycles. The molecule has 0 radical (unpaired) electrons. The van der Waals surface area contributed by atoms with Crippen LogP contribution >= 0.6 is 0 Å². The van der Waals surface area contributed by atoms with Gasteiger partial charge in [-0.1, -0.05) is 0 Å². The van der Waals surface area contributed by atoms with Gasteiger partial charge >= 0.3 is 0 Å². The molecule has 0 aliphatic rings. The first kappa shape index (κ1) is 5.88. The van der Waals surface area contributed by atoms with Gasteiger partial charge in [-0.05, 0) is 0 Å². The second-order valence-electron chi connectivity index (χ2n) is 0.977. The Bertz CT molecular complexity index is 106. The van der Waals surface area contributed by atoms with Crippen LogP contribution in [-0.2, 0) is 4.79 Å². The molecule has 0 aromatic carbocycles. The highest BCUT2D eigenvalue weighted by atomic mass is 16.1. The third-order valence-corrected chi connectivity index (χ3v) is 0.425. The van der Waals surface area contributed by atoms with Gasteiger partial charge in [-0.3, -0.25) is 10.2 Å². The Morgan fingerprint density at radius 1 is 1.71 bits per heavy atom. The molecule has 3 nitrogen and oxygen atoms in total. The molecule has 0 heterocycles. The average molecular weight is 99.1 g/mol. The predicted molar refractivity (Wildman–Crippen MR) is 26.3 cm³/mol. The zero-order chi connectivity index (χ0) is 5.70. The normalized spacial score (nSPS) is 9.14. The van der Waals surface area contributed by atoms with Crippen LogP contribution in [0.2, 0.25) is 0 Å². The van der Waals surface area contributed by atoms with Crippen molar-refractivity contribution in [1.29, 1.82) is 0 Å². The molecule has 0 aliphatic carbocycles. The molecule has 3 heteroatoms. The predicted octanol–water partition coefficient (Wildman–Crippen LogP) is -2.14. The maximum absolute atomic E-state index is 9.63. The van der Waals surface area contributed by atoms with E-state index in [1.165, 1.54) is 12.3 Å². The molecule has 0 saturated heterocycles. The summed E-state index contributed by atoms with van der Waals surface area (Å²) in [6.45, 7) is 0. The standard InChI is InChI=1S/C4H6N2O/c5-2-1-4(6)3-7/h1-3,6H,5H2/p+1/b2-1-,6-4?. The molecule has 0 spiro atoms. The Morgan fingerprint density at radius 2 is 2.29 bits per heavy atom. The molecule has 0 rings (SSSR count). The first-order valence-corrected chi connectivity index (χ1v) is 1.77. The lowest BCUT2D eigenvalue weighted by atomic mass is 10.4. The SMILES string of the molecule is N/C=C\C(=[NH2+])C=O. The van der Waals surface area contributed by atoms with E-state index in [1.807, 2.05) is 0 Å². The number of allylic oxidation sites excluding steroid dienone is 1. The van der Waals surface area contributed by atoms with Crippen molar-refractivity contribution in [3.63, 3.8) is 0 Å². The Labute approximate surface area is 41.3 Å². The van der Waals surface area contributed by atoms with Crippen molar-refractivity contribution in [3.05, 3.63) is 12.3 Å². The van der Waals surface area contributed by atoms with Crippen LogP contribution in [0, 0.1) is 0 Å². The molecule has 38 valence electrons. The second-order valence-corrected chi connectivity index (χ2v) is 0.977. The summed E-state index contributed by atoms with van der Waals surface area (Å²) >= 11 is 0.